The molecule has 0 spiro atoms. The maximum absolute atomic E-state index is 10.3. The van der Waals surface area contributed by atoms with E-state index in [1.807, 2.05) is 20.8 Å². The molecule has 1 heterocycles. The number of carbonyl (C=O) groups is 1. The van der Waals surface area contributed by atoms with Crippen LogP contribution in [-0.4, -0.2) is 21.3 Å². The van der Waals surface area contributed by atoms with E-state index in [1.54, 1.807) is 4.68 Å². The van der Waals surface area contributed by atoms with Gasteiger partial charge in [-0.05, 0) is 20.8 Å². The van der Waals surface area contributed by atoms with Crippen LogP contribution in [0.5, 0.6) is 0 Å². The number of hydrogen-bond donors (Lipinski definition) is 0. The number of nitrogens with zero attached hydrogens (tertiary/aromatic N) is 3. The molecule has 11 heavy (non-hydrogen) atoms. The fourth-order valence-electron chi connectivity index (χ4n) is 0.953. The van der Waals surface area contributed by atoms with Gasteiger partial charge in [-0.2, -0.15) is 0 Å². The SMILES string of the molecule is Cc1c(C=O)nnn1C(C)C. The van der Waals surface area contributed by atoms with Crippen LogP contribution in [0.15, 0.2) is 0 Å². The smallest absolute Gasteiger partial charge is 0.172 e. The summed E-state index contributed by atoms with van der Waals surface area (Å²) in [6, 6.07) is 0.260. The molecule has 60 valence electrons. The van der Waals surface area contributed by atoms with E-state index in [0.717, 1.165) is 12.0 Å². The molecule has 0 atom stereocenters. The summed E-state index contributed by atoms with van der Waals surface area (Å²) in [4.78, 5) is 10.3. The second-order valence-corrected chi connectivity index (χ2v) is 2.72. The predicted molar refractivity (Wildman–Crippen MR) is 40.5 cm³/mol. The van der Waals surface area contributed by atoms with E-state index in [1.165, 1.54) is 0 Å². The van der Waals surface area contributed by atoms with Gasteiger partial charge in [0.25, 0.3) is 0 Å². The number of rotatable bonds is 2. The van der Waals surface area contributed by atoms with Gasteiger partial charge in [0.2, 0.25) is 0 Å². The molecule has 0 amide bonds. The maximum Gasteiger partial charge on any atom is 0.172 e. The van der Waals surface area contributed by atoms with Crippen molar-refractivity contribution in [3.05, 3.63) is 11.4 Å². The highest BCUT2D eigenvalue weighted by molar-refractivity contribution is 5.72. The molecule has 0 aromatic carbocycles. The molecule has 1 rings (SSSR count). The van der Waals surface area contributed by atoms with Gasteiger partial charge in [0.05, 0.1) is 5.69 Å². The van der Waals surface area contributed by atoms with Crippen molar-refractivity contribution in [2.45, 2.75) is 26.8 Å². The van der Waals surface area contributed by atoms with Crippen LogP contribution in [0.2, 0.25) is 0 Å². The average molecular weight is 153 g/mol. The number of aldehydes is 1. The lowest BCUT2D eigenvalue weighted by atomic mass is 10.3. The van der Waals surface area contributed by atoms with E-state index in [9.17, 15) is 4.79 Å². The van der Waals surface area contributed by atoms with Gasteiger partial charge in [-0.1, -0.05) is 5.21 Å². The van der Waals surface area contributed by atoms with Gasteiger partial charge >= 0.3 is 0 Å². The first-order chi connectivity index (χ1) is 5.16. The summed E-state index contributed by atoms with van der Waals surface area (Å²) in [5, 5.41) is 7.52. The minimum Gasteiger partial charge on any atom is -0.296 e. The highest BCUT2D eigenvalue weighted by atomic mass is 16.1. The Labute approximate surface area is 65.2 Å². The Hall–Kier alpha value is -1.19. The largest absolute Gasteiger partial charge is 0.296 e. The van der Waals surface area contributed by atoms with Crippen LogP contribution < -0.4 is 0 Å². The van der Waals surface area contributed by atoms with Crippen molar-refractivity contribution in [3.63, 3.8) is 0 Å². The molecule has 0 aliphatic heterocycles. The minimum atomic E-state index is 0.260. The zero-order chi connectivity index (χ0) is 8.43. The molecule has 0 fully saturated rings. The maximum atomic E-state index is 10.3. The normalized spacial score (nSPS) is 10.5. The zero-order valence-corrected chi connectivity index (χ0v) is 6.90. The topological polar surface area (TPSA) is 47.8 Å². The predicted octanol–water partition coefficient (Wildman–Crippen LogP) is 0.980. The molecule has 4 nitrogen and oxygen atoms in total. The van der Waals surface area contributed by atoms with Crippen LogP contribution in [0.1, 0.15) is 36.1 Å². The third-order valence-electron chi connectivity index (χ3n) is 1.56. The van der Waals surface area contributed by atoms with Gasteiger partial charge in [-0.15, -0.1) is 5.10 Å². The molecule has 0 saturated carbocycles. The van der Waals surface area contributed by atoms with Crippen molar-refractivity contribution in [1.29, 1.82) is 0 Å². The van der Waals surface area contributed by atoms with Gasteiger partial charge in [-0.3, -0.25) is 4.79 Å². The molecule has 0 radical (unpaired) electrons. The van der Waals surface area contributed by atoms with E-state index in [-0.39, 0.29) is 6.04 Å². The van der Waals surface area contributed by atoms with Crippen molar-refractivity contribution in [2.24, 2.45) is 0 Å². The van der Waals surface area contributed by atoms with Crippen LogP contribution in [0, 0.1) is 6.92 Å². The Balaban J connectivity index is 3.10. The summed E-state index contributed by atoms with van der Waals surface area (Å²) in [6.45, 7) is 5.83. The molecule has 4 heteroatoms. The van der Waals surface area contributed by atoms with Gasteiger partial charge in [-0.25, -0.2) is 4.68 Å². The van der Waals surface area contributed by atoms with Gasteiger partial charge in [0, 0.05) is 6.04 Å². The van der Waals surface area contributed by atoms with Crippen LogP contribution in [0.4, 0.5) is 0 Å². The molecule has 1 aromatic rings. The molecule has 0 aliphatic carbocycles. The Kier molecular flexibility index (Phi) is 2.03. The second-order valence-electron chi connectivity index (χ2n) is 2.72. The first-order valence-corrected chi connectivity index (χ1v) is 3.53. The minimum absolute atomic E-state index is 0.260. The van der Waals surface area contributed by atoms with Crippen molar-refractivity contribution in [3.8, 4) is 0 Å². The van der Waals surface area contributed by atoms with Gasteiger partial charge < -0.3 is 0 Å². The van der Waals surface area contributed by atoms with Gasteiger partial charge in [0.15, 0.2) is 6.29 Å². The number of aromatic nitrogens is 3. The van der Waals surface area contributed by atoms with E-state index in [4.69, 9.17) is 0 Å². The third-order valence-corrected chi connectivity index (χ3v) is 1.56. The molecule has 0 bridgehead atoms. The molecule has 0 aliphatic rings. The molecule has 0 saturated heterocycles. The highest BCUT2D eigenvalue weighted by Crippen LogP contribution is 2.07. The third kappa shape index (κ3) is 1.29. The standard InChI is InChI=1S/C7H11N3O/c1-5(2)10-6(3)7(4-11)8-9-10/h4-5H,1-3H3. The van der Waals surface area contributed by atoms with E-state index in [0.29, 0.717) is 5.69 Å². The van der Waals surface area contributed by atoms with Crippen molar-refractivity contribution < 1.29 is 4.79 Å². The average Bonchev–Trinajstić information content (AvgIpc) is 2.30. The lowest BCUT2D eigenvalue weighted by Crippen LogP contribution is -2.05. The monoisotopic (exact) mass is 153 g/mol. The summed E-state index contributed by atoms with van der Waals surface area (Å²) >= 11 is 0. The lowest BCUT2D eigenvalue weighted by Gasteiger charge is -2.04. The van der Waals surface area contributed by atoms with E-state index in [2.05, 4.69) is 10.3 Å². The Morgan fingerprint density at radius 2 is 2.18 bits per heavy atom. The Morgan fingerprint density at radius 3 is 2.45 bits per heavy atom. The quantitative estimate of drug-likeness (QED) is 0.595. The van der Waals surface area contributed by atoms with E-state index < -0.39 is 0 Å². The first-order valence-electron chi connectivity index (χ1n) is 3.53. The van der Waals surface area contributed by atoms with Crippen LogP contribution in [0.3, 0.4) is 0 Å². The Bertz CT molecular complexity index is 265. The summed E-state index contributed by atoms with van der Waals surface area (Å²) in [5.41, 5.74) is 1.26. The molecule has 0 N–H and O–H groups in total. The fourth-order valence-corrected chi connectivity index (χ4v) is 0.953. The van der Waals surface area contributed by atoms with Crippen LogP contribution >= 0.6 is 0 Å². The summed E-state index contributed by atoms with van der Waals surface area (Å²) in [6.07, 6.45) is 0.723. The first kappa shape index (κ1) is 7.91. The summed E-state index contributed by atoms with van der Waals surface area (Å²) < 4.78 is 1.73. The van der Waals surface area contributed by atoms with Gasteiger partial charge in [0.1, 0.15) is 5.69 Å². The zero-order valence-electron chi connectivity index (χ0n) is 6.90. The lowest BCUT2D eigenvalue weighted by molar-refractivity contribution is 0.111. The van der Waals surface area contributed by atoms with Crippen molar-refractivity contribution in [2.75, 3.05) is 0 Å². The fraction of sp³-hybridized carbons (Fsp3) is 0.571. The number of carbonyl (C=O) groups excluding carboxylic acids is 1. The molecular weight excluding hydrogens is 142 g/mol. The van der Waals surface area contributed by atoms with Crippen molar-refractivity contribution in [1.82, 2.24) is 15.0 Å². The Morgan fingerprint density at radius 1 is 1.55 bits per heavy atom. The second kappa shape index (κ2) is 2.82. The van der Waals surface area contributed by atoms with Crippen molar-refractivity contribution >= 4 is 6.29 Å². The molecule has 0 unspecified atom stereocenters. The summed E-state index contributed by atoms with van der Waals surface area (Å²) in [5.74, 6) is 0. The molecule has 1 aromatic heterocycles. The molecular formula is C7H11N3O. The highest BCUT2D eigenvalue weighted by Gasteiger charge is 2.08. The number of hydrogen-bond acceptors (Lipinski definition) is 3. The van der Waals surface area contributed by atoms with Crippen LogP contribution in [0.25, 0.3) is 0 Å². The van der Waals surface area contributed by atoms with E-state index >= 15 is 0 Å². The summed E-state index contributed by atoms with van der Waals surface area (Å²) in [7, 11) is 0. The van der Waals surface area contributed by atoms with Crippen LogP contribution in [-0.2, 0) is 0 Å².